The molecule has 1 aliphatic rings. The van der Waals surface area contributed by atoms with Gasteiger partial charge in [-0.15, -0.1) is 0 Å². The van der Waals surface area contributed by atoms with E-state index in [9.17, 15) is 9.90 Å². The molecule has 1 N–H and O–H groups in total. The van der Waals surface area contributed by atoms with Crippen LogP contribution in [-0.4, -0.2) is 46.2 Å². The van der Waals surface area contributed by atoms with Crippen molar-refractivity contribution in [2.75, 3.05) is 13.1 Å². The maximum Gasteiger partial charge on any atom is 0.253 e. The second kappa shape index (κ2) is 7.55. The highest BCUT2D eigenvalue weighted by Crippen LogP contribution is 2.27. The van der Waals surface area contributed by atoms with Crippen LogP contribution in [0.2, 0.25) is 5.02 Å². The maximum absolute atomic E-state index is 12.6. The molecule has 4 rings (SSSR count). The van der Waals surface area contributed by atoms with Gasteiger partial charge in [0.1, 0.15) is 18.0 Å². The fraction of sp³-hybridized carbons (Fsp3) is 0.238. The van der Waals surface area contributed by atoms with E-state index >= 15 is 0 Å². The highest BCUT2D eigenvalue weighted by atomic mass is 35.5. The Kier molecular flexibility index (Phi) is 4.97. The number of carbonyl (C=O) groups is 1. The zero-order valence-corrected chi connectivity index (χ0v) is 15.3. The van der Waals surface area contributed by atoms with Gasteiger partial charge < -0.3 is 14.7 Å². The van der Waals surface area contributed by atoms with Crippen molar-refractivity contribution in [3.05, 3.63) is 71.4 Å². The van der Waals surface area contributed by atoms with Crippen molar-refractivity contribution in [1.82, 2.24) is 9.88 Å². The van der Waals surface area contributed by atoms with Crippen LogP contribution in [0.3, 0.4) is 0 Å². The summed E-state index contributed by atoms with van der Waals surface area (Å²) >= 11 is 5.88. The molecule has 1 aliphatic heterocycles. The number of benzene rings is 2. The van der Waals surface area contributed by atoms with Crippen LogP contribution in [0, 0.1) is 0 Å². The third-order valence-electron chi connectivity index (χ3n) is 4.78. The van der Waals surface area contributed by atoms with Gasteiger partial charge in [-0.2, -0.15) is 0 Å². The summed E-state index contributed by atoms with van der Waals surface area (Å²) in [5, 5.41) is 12.1. The Bertz CT molecular complexity index is 956. The van der Waals surface area contributed by atoms with Crippen molar-refractivity contribution in [3.63, 3.8) is 0 Å². The van der Waals surface area contributed by atoms with E-state index in [-0.39, 0.29) is 18.6 Å². The largest absolute Gasteiger partial charge is 0.487 e. The molecule has 3 aromatic rings. The molecule has 0 spiro atoms. The minimum absolute atomic E-state index is 0.112. The molecule has 0 bridgehead atoms. The molecular formula is C21H19ClN2O3. The number of rotatable bonds is 3. The summed E-state index contributed by atoms with van der Waals surface area (Å²) in [7, 11) is 0. The van der Waals surface area contributed by atoms with E-state index in [1.165, 1.54) is 0 Å². The second-order valence-corrected chi connectivity index (χ2v) is 7.03. The second-order valence-electron chi connectivity index (χ2n) is 6.60. The highest BCUT2D eigenvalue weighted by molar-refractivity contribution is 6.30. The normalized spacial score (nSPS) is 19.9. The number of hydrogen-bond acceptors (Lipinski definition) is 4. The third kappa shape index (κ3) is 3.75. The summed E-state index contributed by atoms with van der Waals surface area (Å²) in [4.78, 5) is 18.6. The molecule has 1 aromatic heterocycles. The molecule has 1 amide bonds. The summed E-state index contributed by atoms with van der Waals surface area (Å²) in [6.45, 7) is 0.751. The molecule has 0 aliphatic carbocycles. The van der Waals surface area contributed by atoms with Crippen molar-refractivity contribution < 1.29 is 14.6 Å². The SMILES string of the molecule is O=C(c1ccc(Cl)cc1)N1CC[C@@H](Oc2cccc3ncccc23)[C@H](O)C1. The predicted octanol–water partition coefficient (Wildman–Crippen LogP) is 3.54. The first-order valence-electron chi connectivity index (χ1n) is 8.85. The Labute approximate surface area is 162 Å². The predicted molar refractivity (Wildman–Crippen MR) is 104 cm³/mol. The van der Waals surface area contributed by atoms with Gasteiger partial charge in [0.15, 0.2) is 0 Å². The topological polar surface area (TPSA) is 62.7 Å². The molecule has 0 radical (unpaired) electrons. The minimum atomic E-state index is -0.762. The zero-order chi connectivity index (χ0) is 18.8. The lowest BCUT2D eigenvalue weighted by molar-refractivity contribution is -0.0193. The van der Waals surface area contributed by atoms with E-state index in [2.05, 4.69) is 4.98 Å². The zero-order valence-electron chi connectivity index (χ0n) is 14.6. The van der Waals surface area contributed by atoms with Crippen LogP contribution in [0.25, 0.3) is 10.9 Å². The van der Waals surface area contributed by atoms with E-state index in [0.717, 1.165) is 10.9 Å². The smallest absolute Gasteiger partial charge is 0.253 e. The fourth-order valence-corrected chi connectivity index (χ4v) is 3.47. The van der Waals surface area contributed by atoms with E-state index in [1.54, 1.807) is 35.4 Å². The average molecular weight is 383 g/mol. The Balaban J connectivity index is 1.45. The van der Waals surface area contributed by atoms with Crippen molar-refractivity contribution >= 4 is 28.4 Å². The van der Waals surface area contributed by atoms with E-state index < -0.39 is 6.10 Å². The summed E-state index contributed by atoms with van der Waals surface area (Å²) in [5.74, 6) is 0.584. The quantitative estimate of drug-likeness (QED) is 0.752. The minimum Gasteiger partial charge on any atom is -0.487 e. The molecule has 1 fully saturated rings. The lowest BCUT2D eigenvalue weighted by Gasteiger charge is -2.36. The van der Waals surface area contributed by atoms with Gasteiger partial charge in [0, 0.05) is 35.1 Å². The molecule has 0 unspecified atom stereocenters. The molecule has 2 atom stereocenters. The first-order valence-corrected chi connectivity index (χ1v) is 9.23. The van der Waals surface area contributed by atoms with Crippen molar-refractivity contribution in [2.24, 2.45) is 0 Å². The summed E-state index contributed by atoms with van der Waals surface area (Å²) in [5.41, 5.74) is 1.41. The van der Waals surface area contributed by atoms with Crippen molar-refractivity contribution in [3.8, 4) is 5.75 Å². The number of hydrogen-bond donors (Lipinski definition) is 1. The number of aliphatic hydroxyl groups is 1. The number of piperidine rings is 1. The Hall–Kier alpha value is -2.63. The Morgan fingerprint density at radius 3 is 2.74 bits per heavy atom. The van der Waals surface area contributed by atoms with Crippen LogP contribution in [0.4, 0.5) is 0 Å². The monoisotopic (exact) mass is 382 g/mol. The van der Waals surface area contributed by atoms with Crippen LogP contribution >= 0.6 is 11.6 Å². The number of amides is 1. The molecular weight excluding hydrogens is 364 g/mol. The Morgan fingerprint density at radius 1 is 1.15 bits per heavy atom. The van der Waals surface area contributed by atoms with Gasteiger partial charge in [-0.3, -0.25) is 9.78 Å². The van der Waals surface area contributed by atoms with Crippen LogP contribution in [0.5, 0.6) is 5.75 Å². The lowest BCUT2D eigenvalue weighted by Crippen LogP contribution is -2.51. The molecule has 0 saturated carbocycles. The lowest BCUT2D eigenvalue weighted by atomic mass is 10.0. The third-order valence-corrected chi connectivity index (χ3v) is 5.03. The first kappa shape index (κ1) is 17.8. The molecule has 2 aromatic carbocycles. The molecule has 138 valence electrons. The maximum atomic E-state index is 12.6. The van der Waals surface area contributed by atoms with E-state index in [1.807, 2.05) is 30.3 Å². The van der Waals surface area contributed by atoms with Gasteiger partial charge >= 0.3 is 0 Å². The van der Waals surface area contributed by atoms with Crippen molar-refractivity contribution in [2.45, 2.75) is 18.6 Å². The van der Waals surface area contributed by atoms with Crippen LogP contribution in [0.1, 0.15) is 16.8 Å². The van der Waals surface area contributed by atoms with Crippen molar-refractivity contribution in [1.29, 1.82) is 0 Å². The van der Waals surface area contributed by atoms with E-state index in [4.69, 9.17) is 16.3 Å². The number of likely N-dealkylation sites (tertiary alicyclic amines) is 1. The number of aromatic nitrogens is 1. The number of aliphatic hydroxyl groups excluding tert-OH is 1. The number of halogens is 1. The number of pyridine rings is 1. The number of carbonyl (C=O) groups excluding carboxylic acids is 1. The van der Waals surface area contributed by atoms with E-state index in [0.29, 0.717) is 29.3 Å². The van der Waals surface area contributed by atoms with Gasteiger partial charge in [-0.25, -0.2) is 0 Å². The summed E-state index contributed by atoms with van der Waals surface area (Å²) < 4.78 is 6.08. The van der Waals surface area contributed by atoms with Gasteiger partial charge in [0.25, 0.3) is 5.91 Å². The van der Waals surface area contributed by atoms with Gasteiger partial charge in [0.05, 0.1) is 12.1 Å². The van der Waals surface area contributed by atoms with Gasteiger partial charge in [0.2, 0.25) is 0 Å². The standard InChI is InChI=1S/C21H19ClN2O3/c22-15-8-6-14(7-9-15)21(26)24-12-10-20(18(25)13-24)27-19-5-1-4-17-16(19)3-2-11-23-17/h1-9,11,18,20,25H,10,12-13H2/t18-,20-/m1/s1. The highest BCUT2D eigenvalue weighted by Gasteiger charge is 2.32. The Morgan fingerprint density at radius 2 is 1.96 bits per heavy atom. The average Bonchev–Trinajstić information content (AvgIpc) is 2.70. The molecule has 5 nitrogen and oxygen atoms in total. The van der Waals surface area contributed by atoms with Gasteiger partial charge in [-0.05, 0) is 48.5 Å². The van der Waals surface area contributed by atoms with Gasteiger partial charge in [-0.1, -0.05) is 17.7 Å². The number of ether oxygens (including phenoxy) is 1. The van der Waals surface area contributed by atoms with Crippen LogP contribution in [0.15, 0.2) is 60.8 Å². The first-order chi connectivity index (χ1) is 13.1. The fourth-order valence-electron chi connectivity index (χ4n) is 3.35. The molecule has 6 heteroatoms. The van der Waals surface area contributed by atoms with Crippen LogP contribution in [-0.2, 0) is 0 Å². The van der Waals surface area contributed by atoms with Crippen LogP contribution < -0.4 is 4.74 Å². The number of fused-ring (bicyclic) bond motifs is 1. The number of β-amino-alcohol motifs (C(OH)–C–C–N with tert-alkyl or cyclic N) is 1. The molecule has 27 heavy (non-hydrogen) atoms. The summed E-state index contributed by atoms with van der Waals surface area (Å²) in [6, 6.07) is 16.3. The molecule has 2 heterocycles. The molecule has 1 saturated heterocycles. The number of nitrogens with zero attached hydrogens (tertiary/aromatic N) is 2. The summed E-state index contributed by atoms with van der Waals surface area (Å²) in [6.07, 6.45) is 1.16.